The van der Waals surface area contributed by atoms with Gasteiger partial charge in [-0.05, 0) is 44.2 Å². The number of likely N-dealkylation sites (N-methyl/N-ethyl adjacent to an activating group) is 1. The molecule has 1 atom stereocenters. The standard InChI is InChI=1S/C13H19N3O/c1-9(14-2)8-16-13(17)11-3-4-12-10(7-11)5-6-15-12/h3-4,7,9,14-15H,5-6,8H2,1-2H3,(H,16,17). The zero-order valence-corrected chi connectivity index (χ0v) is 10.3. The molecule has 0 saturated carbocycles. The first-order valence-electron chi connectivity index (χ1n) is 6.03. The van der Waals surface area contributed by atoms with Crippen LogP contribution in [0.5, 0.6) is 0 Å². The van der Waals surface area contributed by atoms with Gasteiger partial charge in [0.1, 0.15) is 0 Å². The van der Waals surface area contributed by atoms with Crippen LogP contribution in [0.15, 0.2) is 18.2 Å². The molecule has 0 bridgehead atoms. The maximum Gasteiger partial charge on any atom is 0.251 e. The molecule has 2 rings (SSSR count). The van der Waals surface area contributed by atoms with Crippen LogP contribution < -0.4 is 16.0 Å². The molecular weight excluding hydrogens is 214 g/mol. The predicted molar refractivity (Wildman–Crippen MR) is 69.5 cm³/mol. The highest BCUT2D eigenvalue weighted by Gasteiger charge is 2.13. The van der Waals surface area contributed by atoms with Crippen LogP contribution in [0.4, 0.5) is 5.69 Å². The molecule has 1 amide bonds. The minimum absolute atomic E-state index is 0.00167. The summed E-state index contributed by atoms with van der Waals surface area (Å²) in [5.74, 6) is 0.00167. The molecule has 92 valence electrons. The number of rotatable bonds is 4. The molecule has 4 nitrogen and oxygen atoms in total. The van der Waals surface area contributed by atoms with Crippen molar-refractivity contribution < 1.29 is 4.79 Å². The molecular formula is C13H19N3O. The van der Waals surface area contributed by atoms with E-state index in [1.54, 1.807) is 0 Å². The fourth-order valence-electron chi connectivity index (χ4n) is 1.90. The monoisotopic (exact) mass is 233 g/mol. The number of benzene rings is 1. The van der Waals surface area contributed by atoms with Crippen LogP contribution in [0.25, 0.3) is 0 Å². The average molecular weight is 233 g/mol. The largest absolute Gasteiger partial charge is 0.384 e. The summed E-state index contributed by atoms with van der Waals surface area (Å²) in [6.45, 7) is 3.65. The molecule has 0 spiro atoms. The van der Waals surface area contributed by atoms with E-state index in [1.165, 1.54) is 5.56 Å². The Hall–Kier alpha value is -1.55. The summed E-state index contributed by atoms with van der Waals surface area (Å²) in [7, 11) is 1.89. The van der Waals surface area contributed by atoms with E-state index in [4.69, 9.17) is 0 Å². The first-order chi connectivity index (χ1) is 8.20. The first-order valence-corrected chi connectivity index (χ1v) is 6.03. The summed E-state index contributed by atoms with van der Waals surface area (Å²) < 4.78 is 0. The van der Waals surface area contributed by atoms with Gasteiger partial charge < -0.3 is 16.0 Å². The third kappa shape index (κ3) is 2.77. The second-order valence-electron chi connectivity index (χ2n) is 4.45. The van der Waals surface area contributed by atoms with Crippen LogP contribution in [-0.4, -0.2) is 32.1 Å². The van der Waals surface area contributed by atoms with Crippen molar-refractivity contribution >= 4 is 11.6 Å². The van der Waals surface area contributed by atoms with Gasteiger partial charge in [-0.2, -0.15) is 0 Å². The molecule has 17 heavy (non-hydrogen) atoms. The lowest BCUT2D eigenvalue weighted by atomic mass is 10.1. The highest BCUT2D eigenvalue weighted by atomic mass is 16.1. The van der Waals surface area contributed by atoms with Crippen molar-refractivity contribution in [2.75, 3.05) is 25.5 Å². The van der Waals surface area contributed by atoms with Crippen molar-refractivity contribution in [1.82, 2.24) is 10.6 Å². The average Bonchev–Trinajstić information content (AvgIpc) is 2.82. The second-order valence-corrected chi connectivity index (χ2v) is 4.45. The number of fused-ring (bicyclic) bond motifs is 1. The molecule has 1 aromatic rings. The number of amides is 1. The van der Waals surface area contributed by atoms with Crippen LogP contribution >= 0.6 is 0 Å². The molecule has 1 heterocycles. The Labute approximate surface area is 102 Å². The zero-order valence-electron chi connectivity index (χ0n) is 10.3. The minimum Gasteiger partial charge on any atom is -0.384 e. The number of anilines is 1. The Bertz CT molecular complexity index is 417. The van der Waals surface area contributed by atoms with E-state index >= 15 is 0 Å². The first kappa shape index (κ1) is 11.9. The number of carbonyl (C=O) groups excluding carboxylic acids is 1. The lowest BCUT2D eigenvalue weighted by Gasteiger charge is -2.11. The van der Waals surface area contributed by atoms with Gasteiger partial charge in [-0.25, -0.2) is 0 Å². The van der Waals surface area contributed by atoms with Crippen LogP contribution in [-0.2, 0) is 6.42 Å². The fraction of sp³-hybridized carbons (Fsp3) is 0.462. The van der Waals surface area contributed by atoms with Crippen molar-refractivity contribution in [3.05, 3.63) is 29.3 Å². The molecule has 3 N–H and O–H groups in total. The summed E-state index contributed by atoms with van der Waals surface area (Å²) in [4.78, 5) is 11.9. The summed E-state index contributed by atoms with van der Waals surface area (Å²) in [5, 5.41) is 9.29. The predicted octanol–water partition coefficient (Wildman–Crippen LogP) is 0.992. The van der Waals surface area contributed by atoms with Gasteiger partial charge in [0.25, 0.3) is 5.91 Å². The summed E-state index contributed by atoms with van der Waals surface area (Å²) in [5.41, 5.74) is 3.14. The molecule has 1 aliphatic heterocycles. The molecule has 0 aromatic heterocycles. The minimum atomic E-state index is 0.00167. The highest BCUT2D eigenvalue weighted by molar-refractivity contribution is 5.95. The van der Waals surface area contributed by atoms with Gasteiger partial charge in [-0.15, -0.1) is 0 Å². The van der Waals surface area contributed by atoms with E-state index in [0.717, 1.165) is 24.2 Å². The Morgan fingerprint density at radius 1 is 1.53 bits per heavy atom. The third-order valence-electron chi connectivity index (χ3n) is 3.14. The molecule has 0 aliphatic carbocycles. The summed E-state index contributed by atoms with van der Waals surface area (Å²) in [6, 6.07) is 6.12. The molecule has 1 aromatic carbocycles. The SMILES string of the molecule is CNC(C)CNC(=O)c1ccc2c(c1)CCN2. The molecule has 1 unspecified atom stereocenters. The summed E-state index contributed by atoms with van der Waals surface area (Å²) >= 11 is 0. The number of nitrogens with one attached hydrogen (secondary N) is 3. The Balaban J connectivity index is 2.00. The van der Waals surface area contributed by atoms with E-state index in [2.05, 4.69) is 16.0 Å². The van der Waals surface area contributed by atoms with Crippen molar-refractivity contribution in [3.8, 4) is 0 Å². The summed E-state index contributed by atoms with van der Waals surface area (Å²) in [6.07, 6.45) is 1.00. The van der Waals surface area contributed by atoms with Crippen LogP contribution in [0, 0.1) is 0 Å². The molecule has 0 radical (unpaired) electrons. The van der Waals surface area contributed by atoms with Gasteiger partial charge in [-0.1, -0.05) is 0 Å². The number of hydrogen-bond acceptors (Lipinski definition) is 3. The normalized spacial score (nSPS) is 14.9. The molecule has 1 aliphatic rings. The maximum atomic E-state index is 11.9. The van der Waals surface area contributed by atoms with Gasteiger partial charge in [-0.3, -0.25) is 4.79 Å². The van der Waals surface area contributed by atoms with Crippen molar-refractivity contribution in [3.63, 3.8) is 0 Å². The van der Waals surface area contributed by atoms with E-state index in [9.17, 15) is 4.79 Å². The van der Waals surface area contributed by atoms with E-state index in [-0.39, 0.29) is 11.9 Å². The molecule has 4 heteroatoms. The highest BCUT2D eigenvalue weighted by Crippen LogP contribution is 2.22. The maximum absolute atomic E-state index is 11.9. The zero-order chi connectivity index (χ0) is 12.3. The van der Waals surface area contributed by atoms with Crippen molar-refractivity contribution in [2.45, 2.75) is 19.4 Å². The van der Waals surface area contributed by atoms with E-state index in [0.29, 0.717) is 6.54 Å². The smallest absolute Gasteiger partial charge is 0.251 e. The molecule has 0 fully saturated rings. The number of carbonyl (C=O) groups is 1. The van der Waals surface area contributed by atoms with Gasteiger partial charge >= 0.3 is 0 Å². The van der Waals surface area contributed by atoms with Crippen molar-refractivity contribution in [1.29, 1.82) is 0 Å². The Morgan fingerprint density at radius 3 is 3.12 bits per heavy atom. The lowest BCUT2D eigenvalue weighted by molar-refractivity contribution is 0.0950. The van der Waals surface area contributed by atoms with Crippen molar-refractivity contribution in [2.24, 2.45) is 0 Å². The van der Waals surface area contributed by atoms with Gasteiger partial charge in [0.15, 0.2) is 0 Å². The molecule has 0 saturated heterocycles. The number of hydrogen-bond donors (Lipinski definition) is 3. The van der Waals surface area contributed by atoms with Crippen LogP contribution in [0.2, 0.25) is 0 Å². The van der Waals surface area contributed by atoms with Crippen LogP contribution in [0.3, 0.4) is 0 Å². The van der Waals surface area contributed by atoms with Gasteiger partial charge in [0.05, 0.1) is 0 Å². The third-order valence-corrected chi connectivity index (χ3v) is 3.14. The lowest BCUT2D eigenvalue weighted by Crippen LogP contribution is -2.37. The van der Waals surface area contributed by atoms with Gasteiger partial charge in [0.2, 0.25) is 0 Å². The topological polar surface area (TPSA) is 53.2 Å². The van der Waals surface area contributed by atoms with E-state index in [1.807, 2.05) is 32.2 Å². The fourth-order valence-corrected chi connectivity index (χ4v) is 1.90. The van der Waals surface area contributed by atoms with Gasteiger partial charge in [0, 0.05) is 30.4 Å². The Kier molecular flexibility index (Phi) is 3.64. The second kappa shape index (κ2) is 5.19. The Morgan fingerprint density at radius 2 is 2.35 bits per heavy atom. The van der Waals surface area contributed by atoms with Crippen LogP contribution in [0.1, 0.15) is 22.8 Å². The van der Waals surface area contributed by atoms with E-state index < -0.39 is 0 Å². The quantitative estimate of drug-likeness (QED) is 0.727.